The molecule has 1 unspecified atom stereocenters. The van der Waals surface area contributed by atoms with E-state index in [4.69, 9.17) is 4.74 Å². The highest BCUT2D eigenvalue weighted by atomic mass is 16.5. The molecule has 1 N–H and O–H groups in total. The first kappa shape index (κ1) is 18.0. The van der Waals surface area contributed by atoms with Crippen molar-refractivity contribution < 1.29 is 9.53 Å². The van der Waals surface area contributed by atoms with Crippen LogP contribution in [0.25, 0.3) is 0 Å². The van der Waals surface area contributed by atoms with Crippen LogP contribution in [0.1, 0.15) is 34.5 Å². The molecule has 0 fully saturated rings. The molecule has 2 aromatic rings. The lowest BCUT2D eigenvalue weighted by Gasteiger charge is -2.25. The maximum absolute atomic E-state index is 12.3. The Labute approximate surface area is 144 Å². The van der Waals surface area contributed by atoms with Crippen LogP contribution < -0.4 is 10.1 Å². The number of hydrogen-bond donors (Lipinski definition) is 1. The molecule has 0 aliphatic heterocycles. The molecular weight excluding hydrogens is 300 g/mol. The van der Waals surface area contributed by atoms with Crippen molar-refractivity contribution >= 4 is 5.91 Å². The van der Waals surface area contributed by atoms with Crippen LogP contribution in [0.2, 0.25) is 0 Å². The quantitative estimate of drug-likeness (QED) is 0.847. The number of aryl methyl sites for hydroxylation is 1. The summed E-state index contributed by atoms with van der Waals surface area (Å²) >= 11 is 0. The highest BCUT2D eigenvalue weighted by Crippen LogP contribution is 2.21. The highest BCUT2D eigenvalue weighted by Gasteiger charge is 2.16. The predicted molar refractivity (Wildman–Crippen MR) is 97.6 cm³/mol. The van der Waals surface area contributed by atoms with E-state index >= 15 is 0 Å². The van der Waals surface area contributed by atoms with Crippen LogP contribution >= 0.6 is 0 Å². The van der Waals surface area contributed by atoms with Gasteiger partial charge in [0.2, 0.25) is 0 Å². The van der Waals surface area contributed by atoms with Gasteiger partial charge < -0.3 is 15.0 Å². The molecule has 0 saturated carbocycles. The third-order valence-electron chi connectivity index (χ3n) is 3.97. The lowest BCUT2D eigenvalue weighted by atomic mass is 10.1. The van der Waals surface area contributed by atoms with Crippen LogP contribution in [-0.2, 0) is 0 Å². The van der Waals surface area contributed by atoms with Crippen molar-refractivity contribution in [1.29, 1.82) is 0 Å². The number of hydrogen-bond acceptors (Lipinski definition) is 3. The van der Waals surface area contributed by atoms with E-state index in [0.29, 0.717) is 18.7 Å². The number of ether oxygens (including phenoxy) is 1. The molecule has 24 heavy (non-hydrogen) atoms. The maximum atomic E-state index is 12.3. The molecule has 0 aliphatic carbocycles. The molecule has 0 aromatic heterocycles. The topological polar surface area (TPSA) is 41.6 Å². The van der Waals surface area contributed by atoms with E-state index in [0.717, 1.165) is 16.9 Å². The van der Waals surface area contributed by atoms with Gasteiger partial charge in [0.15, 0.2) is 0 Å². The average Bonchev–Trinajstić information content (AvgIpc) is 2.57. The van der Waals surface area contributed by atoms with E-state index in [1.807, 2.05) is 76.5 Å². The Morgan fingerprint density at radius 1 is 1.08 bits per heavy atom. The molecule has 0 radical (unpaired) electrons. The Balaban J connectivity index is 2.03. The zero-order valence-corrected chi connectivity index (χ0v) is 14.9. The number of nitrogens with zero attached hydrogens (tertiary/aromatic N) is 1. The number of amides is 1. The maximum Gasteiger partial charge on any atom is 0.251 e. The molecule has 0 saturated heterocycles. The third-order valence-corrected chi connectivity index (χ3v) is 3.97. The van der Waals surface area contributed by atoms with Crippen molar-refractivity contribution in [2.24, 2.45) is 0 Å². The molecule has 0 bridgehead atoms. The van der Waals surface area contributed by atoms with Gasteiger partial charge in [0.1, 0.15) is 5.75 Å². The van der Waals surface area contributed by atoms with Gasteiger partial charge >= 0.3 is 0 Å². The fourth-order valence-electron chi connectivity index (χ4n) is 2.55. The Hall–Kier alpha value is -2.33. The van der Waals surface area contributed by atoms with Crippen molar-refractivity contribution in [3.63, 3.8) is 0 Å². The van der Waals surface area contributed by atoms with Crippen molar-refractivity contribution in [3.05, 3.63) is 65.2 Å². The summed E-state index contributed by atoms with van der Waals surface area (Å²) in [5.74, 6) is 0.815. The van der Waals surface area contributed by atoms with Crippen LogP contribution in [0.5, 0.6) is 5.75 Å². The van der Waals surface area contributed by atoms with Crippen LogP contribution in [0, 0.1) is 6.92 Å². The predicted octanol–water partition coefficient (Wildman–Crippen LogP) is 3.43. The molecule has 0 heterocycles. The lowest BCUT2D eigenvalue weighted by molar-refractivity contribution is 0.0942. The van der Waals surface area contributed by atoms with Gasteiger partial charge in [-0.05, 0) is 57.8 Å². The fraction of sp³-hybridized carbons (Fsp3) is 0.350. The van der Waals surface area contributed by atoms with Gasteiger partial charge in [-0.25, -0.2) is 0 Å². The molecule has 1 atom stereocenters. The molecule has 128 valence electrons. The second kappa shape index (κ2) is 8.50. The van der Waals surface area contributed by atoms with Gasteiger partial charge in [-0.2, -0.15) is 0 Å². The summed E-state index contributed by atoms with van der Waals surface area (Å²) in [5, 5.41) is 3.03. The molecule has 1 amide bonds. The number of likely N-dealkylation sites (N-methyl/N-ethyl adjacent to an activating group) is 1. The number of benzene rings is 2. The van der Waals surface area contributed by atoms with E-state index in [2.05, 4.69) is 10.2 Å². The van der Waals surface area contributed by atoms with Gasteiger partial charge in [-0.1, -0.05) is 29.8 Å². The monoisotopic (exact) mass is 326 g/mol. The zero-order chi connectivity index (χ0) is 17.5. The van der Waals surface area contributed by atoms with Gasteiger partial charge in [-0.3, -0.25) is 4.79 Å². The summed E-state index contributed by atoms with van der Waals surface area (Å²) in [7, 11) is 4.03. The van der Waals surface area contributed by atoms with Gasteiger partial charge in [0.25, 0.3) is 5.91 Å². The first-order valence-corrected chi connectivity index (χ1v) is 8.25. The standard InChI is InChI=1S/C20H26N2O2/c1-5-24-18-12-10-16(11-13-18)19(22(3)4)14-21-20(23)17-8-6-15(2)7-9-17/h6-13,19H,5,14H2,1-4H3,(H,21,23). The van der Waals surface area contributed by atoms with E-state index in [1.54, 1.807) is 0 Å². The second-order valence-electron chi connectivity index (χ2n) is 6.06. The minimum Gasteiger partial charge on any atom is -0.494 e. The minimum atomic E-state index is -0.0483. The summed E-state index contributed by atoms with van der Waals surface area (Å²) in [6.07, 6.45) is 0. The average molecular weight is 326 g/mol. The highest BCUT2D eigenvalue weighted by molar-refractivity contribution is 5.94. The molecule has 0 spiro atoms. The summed E-state index contributed by atoms with van der Waals surface area (Å²) in [6.45, 7) is 5.18. The van der Waals surface area contributed by atoms with E-state index < -0.39 is 0 Å². The van der Waals surface area contributed by atoms with Gasteiger partial charge in [-0.15, -0.1) is 0 Å². The third kappa shape index (κ3) is 4.83. The second-order valence-corrected chi connectivity index (χ2v) is 6.06. The zero-order valence-electron chi connectivity index (χ0n) is 14.9. The van der Waals surface area contributed by atoms with Crippen LogP contribution in [0.4, 0.5) is 0 Å². The molecular formula is C20H26N2O2. The normalized spacial score (nSPS) is 12.0. The Kier molecular flexibility index (Phi) is 6.38. The van der Waals surface area contributed by atoms with Crippen molar-refractivity contribution in [2.75, 3.05) is 27.2 Å². The van der Waals surface area contributed by atoms with Crippen LogP contribution in [0.3, 0.4) is 0 Å². The van der Waals surface area contributed by atoms with Crippen LogP contribution in [0.15, 0.2) is 48.5 Å². The number of carbonyl (C=O) groups is 1. The summed E-state index contributed by atoms with van der Waals surface area (Å²) in [6, 6.07) is 15.7. The minimum absolute atomic E-state index is 0.0483. The molecule has 2 aromatic carbocycles. The Morgan fingerprint density at radius 2 is 1.71 bits per heavy atom. The summed E-state index contributed by atoms with van der Waals surface area (Å²) in [5.41, 5.74) is 2.98. The summed E-state index contributed by atoms with van der Waals surface area (Å²) in [4.78, 5) is 14.4. The lowest BCUT2D eigenvalue weighted by Crippen LogP contribution is -2.34. The van der Waals surface area contributed by atoms with E-state index in [-0.39, 0.29) is 11.9 Å². The van der Waals surface area contributed by atoms with E-state index in [1.165, 1.54) is 0 Å². The molecule has 4 heteroatoms. The fourth-order valence-corrected chi connectivity index (χ4v) is 2.55. The number of nitrogens with one attached hydrogen (secondary N) is 1. The van der Waals surface area contributed by atoms with Crippen molar-refractivity contribution in [3.8, 4) is 5.75 Å². The van der Waals surface area contributed by atoms with Crippen molar-refractivity contribution in [1.82, 2.24) is 10.2 Å². The Bertz CT molecular complexity index is 648. The molecule has 4 nitrogen and oxygen atoms in total. The van der Waals surface area contributed by atoms with Gasteiger partial charge in [0, 0.05) is 12.1 Å². The number of rotatable bonds is 7. The Morgan fingerprint density at radius 3 is 2.25 bits per heavy atom. The molecule has 0 aliphatic rings. The SMILES string of the molecule is CCOc1ccc(C(CNC(=O)c2ccc(C)cc2)N(C)C)cc1. The van der Waals surface area contributed by atoms with Crippen molar-refractivity contribution in [2.45, 2.75) is 19.9 Å². The summed E-state index contributed by atoms with van der Waals surface area (Å²) < 4.78 is 5.48. The first-order chi connectivity index (χ1) is 11.5. The van der Waals surface area contributed by atoms with Crippen LogP contribution in [-0.4, -0.2) is 38.1 Å². The van der Waals surface area contributed by atoms with Gasteiger partial charge in [0.05, 0.1) is 12.6 Å². The first-order valence-electron chi connectivity index (χ1n) is 8.25. The number of carbonyl (C=O) groups excluding carboxylic acids is 1. The molecule has 2 rings (SSSR count). The van der Waals surface area contributed by atoms with E-state index in [9.17, 15) is 4.79 Å². The smallest absolute Gasteiger partial charge is 0.251 e. The largest absolute Gasteiger partial charge is 0.494 e.